The van der Waals surface area contributed by atoms with Gasteiger partial charge in [0.2, 0.25) is 0 Å². The Morgan fingerprint density at radius 2 is 2.09 bits per heavy atom. The number of hydrogen-bond acceptors (Lipinski definition) is 3. The molecule has 0 bridgehead atoms. The summed E-state index contributed by atoms with van der Waals surface area (Å²) in [6, 6.07) is 3.95. The predicted octanol–water partition coefficient (Wildman–Crippen LogP) is 0.0415. The van der Waals surface area contributed by atoms with Crippen LogP contribution in [0.2, 0.25) is 0 Å². The molecule has 0 atom stereocenters. The SMILES string of the molecule is NCCc1ccc(CN)cn1. The van der Waals surface area contributed by atoms with Gasteiger partial charge in [-0.1, -0.05) is 6.07 Å². The first-order valence-corrected chi connectivity index (χ1v) is 3.70. The van der Waals surface area contributed by atoms with E-state index in [0.29, 0.717) is 13.1 Å². The summed E-state index contributed by atoms with van der Waals surface area (Å²) in [5.74, 6) is 0. The molecule has 3 nitrogen and oxygen atoms in total. The van der Waals surface area contributed by atoms with Gasteiger partial charge in [-0.3, -0.25) is 4.98 Å². The van der Waals surface area contributed by atoms with Crippen molar-refractivity contribution >= 4 is 0 Å². The number of nitrogens with zero attached hydrogens (tertiary/aromatic N) is 1. The van der Waals surface area contributed by atoms with E-state index in [1.165, 1.54) is 0 Å². The van der Waals surface area contributed by atoms with Gasteiger partial charge in [-0.05, 0) is 18.2 Å². The van der Waals surface area contributed by atoms with Crippen LogP contribution < -0.4 is 11.5 Å². The summed E-state index contributed by atoms with van der Waals surface area (Å²) in [7, 11) is 0. The zero-order chi connectivity index (χ0) is 8.10. The van der Waals surface area contributed by atoms with Gasteiger partial charge in [-0.2, -0.15) is 0 Å². The molecular formula is C8H13N3. The smallest absolute Gasteiger partial charge is 0.0416 e. The van der Waals surface area contributed by atoms with Gasteiger partial charge in [0.15, 0.2) is 0 Å². The Morgan fingerprint density at radius 3 is 2.55 bits per heavy atom. The third-order valence-electron chi connectivity index (χ3n) is 1.52. The van der Waals surface area contributed by atoms with E-state index in [9.17, 15) is 0 Å². The van der Waals surface area contributed by atoms with Crippen LogP contribution in [0.3, 0.4) is 0 Å². The molecule has 0 unspecified atom stereocenters. The molecule has 0 amide bonds. The molecule has 1 heterocycles. The fourth-order valence-electron chi connectivity index (χ4n) is 0.872. The highest BCUT2D eigenvalue weighted by Gasteiger charge is 1.92. The molecule has 0 radical (unpaired) electrons. The van der Waals surface area contributed by atoms with Crippen molar-refractivity contribution in [1.82, 2.24) is 4.98 Å². The molecular weight excluding hydrogens is 138 g/mol. The summed E-state index contributed by atoms with van der Waals surface area (Å²) < 4.78 is 0. The van der Waals surface area contributed by atoms with E-state index in [4.69, 9.17) is 11.5 Å². The van der Waals surface area contributed by atoms with E-state index in [0.717, 1.165) is 17.7 Å². The number of hydrogen-bond donors (Lipinski definition) is 2. The third-order valence-corrected chi connectivity index (χ3v) is 1.52. The van der Waals surface area contributed by atoms with Crippen molar-refractivity contribution in [2.75, 3.05) is 6.54 Å². The van der Waals surface area contributed by atoms with Gasteiger partial charge in [0.25, 0.3) is 0 Å². The average molecular weight is 151 g/mol. The van der Waals surface area contributed by atoms with Crippen LogP contribution in [0.1, 0.15) is 11.3 Å². The van der Waals surface area contributed by atoms with Crippen LogP contribution in [0.5, 0.6) is 0 Å². The second kappa shape index (κ2) is 4.05. The lowest BCUT2D eigenvalue weighted by Gasteiger charge is -1.98. The van der Waals surface area contributed by atoms with Crippen molar-refractivity contribution in [2.45, 2.75) is 13.0 Å². The molecule has 4 N–H and O–H groups in total. The molecule has 1 aromatic heterocycles. The molecule has 0 spiro atoms. The summed E-state index contributed by atoms with van der Waals surface area (Å²) in [4.78, 5) is 4.18. The standard InChI is InChI=1S/C8H13N3/c9-4-3-8-2-1-7(5-10)6-11-8/h1-2,6H,3-5,9-10H2. The van der Waals surface area contributed by atoms with E-state index in [1.807, 2.05) is 12.1 Å². The molecule has 1 aromatic rings. The van der Waals surface area contributed by atoms with Crippen molar-refractivity contribution in [3.8, 4) is 0 Å². The van der Waals surface area contributed by atoms with Crippen LogP contribution in [0, 0.1) is 0 Å². The Bertz CT molecular complexity index is 205. The van der Waals surface area contributed by atoms with Crippen LogP contribution >= 0.6 is 0 Å². The minimum Gasteiger partial charge on any atom is -0.330 e. The van der Waals surface area contributed by atoms with Gasteiger partial charge in [-0.15, -0.1) is 0 Å². The number of pyridine rings is 1. The highest BCUT2D eigenvalue weighted by atomic mass is 14.7. The number of nitrogens with two attached hydrogens (primary N) is 2. The zero-order valence-electron chi connectivity index (χ0n) is 6.46. The Hall–Kier alpha value is -0.930. The van der Waals surface area contributed by atoms with E-state index in [1.54, 1.807) is 6.20 Å². The normalized spacial score (nSPS) is 10.0. The van der Waals surface area contributed by atoms with Gasteiger partial charge in [0.1, 0.15) is 0 Å². The highest BCUT2D eigenvalue weighted by Crippen LogP contribution is 1.98. The van der Waals surface area contributed by atoms with Gasteiger partial charge in [-0.25, -0.2) is 0 Å². The van der Waals surface area contributed by atoms with Gasteiger partial charge in [0.05, 0.1) is 0 Å². The van der Waals surface area contributed by atoms with Crippen LogP contribution in [0.25, 0.3) is 0 Å². The lowest BCUT2D eigenvalue weighted by molar-refractivity contribution is 0.912. The largest absolute Gasteiger partial charge is 0.330 e. The average Bonchev–Trinajstić information content (AvgIpc) is 2.07. The number of aromatic nitrogens is 1. The van der Waals surface area contributed by atoms with Crippen LogP contribution in [-0.4, -0.2) is 11.5 Å². The van der Waals surface area contributed by atoms with Crippen LogP contribution in [0.4, 0.5) is 0 Å². The first-order chi connectivity index (χ1) is 5.36. The molecule has 11 heavy (non-hydrogen) atoms. The Balaban J connectivity index is 2.66. The summed E-state index contributed by atoms with van der Waals surface area (Å²) in [5.41, 5.74) is 12.9. The fraction of sp³-hybridized carbons (Fsp3) is 0.375. The highest BCUT2D eigenvalue weighted by molar-refractivity contribution is 5.13. The molecule has 3 heteroatoms. The third kappa shape index (κ3) is 2.29. The van der Waals surface area contributed by atoms with Gasteiger partial charge in [0, 0.05) is 24.9 Å². The molecule has 60 valence electrons. The van der Waals surface area contributed by atoms with Crippen molar-refractivity contribution in [3.63, 3.8) is 0 Å². The minimum atomic E-state index is 0.551. The molecule has 0 fully saturated rings. The summed E-state index contributed by atoms with van der Waals surface area (Å²) in [6.07, 6.45) is 2.63. The maximum atomic E-state index is 5.41. The lowest BCUT2D eigenvalue weighted by Crippen LogP contribution is -2.05. The second-order valence-electron chi connectivity index (χ2n) is 2.40. The number of rotatable bonds is 3. The first-order valence-electron chi connectivity index (χ1n) is 3.70. The molecule has 0 saturated heterocycles. The van der Waals surface area contributed by atoms with E-state index < -0.39 is 0 Å². The van der Waals surface area contributed by atoms with E-state index in [2.05, 4.69) is 4.98 Å². The first kappa shape index (κ1) is 8.17. The summed E-state index contributed by atoms with van der Waals surface area (Å²) >= 11 is 0. The Labute approximate surface area is 66.4 Å². The molecule has 0 aliphatic rings. The van der Waals surface area contributed by atoms with Crippen LogP contribution in [0.15, 0.2) is 18.3 Å². The Morgan fingerprint density at radius 1 is 1.27 bits per heavy atom. The van der Waals surface area contributed by atoms with Crippen molar-refractivity contribution < 1.29 is 0 Å². The molecule has 0 aromatic carbocycles. The fourth-order valence-corrected chi connectivity index (χ4v) is 0.872. The lowest BCUT2D eigenvalue weighted by atomic mass is 10.2. The van der Waals surface area contributed by atoms with Crippen LogP contribution in [-0.2, 0) is 13.0 Å². The van der Waals surface area contributed by atoms with Gasteiger partial charge >= 0.3 is 0 Å². The topological polar surface area (TPSA) is 64.9 Å². The van der Waals surface area contributed by atoms with Gasteiger partial charge < -0.3 is 11.5 Å². The van der Waals surface area contributed by atoms with Crippen molar-refractivity contribution in [1.29, 1.82) is 0 Å². The maximum absolute atomic E-state index is 5.41. The molecule has 0 aliphatic carbocycles. The Kier molecular flexibility index (Phi) is 3.01. The quantitative estimate of drug-likeness (QED) is 0.641. The summed E-state index contributed by atoms with van der Waals surface area (Å²) in [6.45, 7) is 1.20. The molecule has 0 aliphatic heterocycles. The zero-order valence-corrected chi connectivity index (χ0v) is 6.46. The maximum Gasteiger partial charge on any atom is 0.0416 e. The van der Waals surface area contributed by atoms with E-state index in [-0.39, 0.29) is 0 Å². The minimum absolute atomic E-state index is 0.551. The predicted molar refractivity (Wildman–Crippen MR) is 44.9 cm³/mol. The monoisotopic (exact) mass is 151 g/mol. The molecule has 1 rings (SSSR count). The summed E-state index contributed by atoms with van der Waals surface area (Å²) in [5, 5.41) is 0. The van der Waals surface area contributed by atoms with Crippen molar-refractivity contribution in [2.24, 2.45) is 11.5 Å². The second-order valence-corrected chi connectivity index (χ2v) is 2.40. The molecule has 0 saturated carbocycles. The van der Waals surface area contributed by atoms with Crippen molar-refractivity contribution in [3.05, 3.63) is 29.6 Å². The van der Waals surface area contributed by atoms with E-state index >= 15 is 0 Å².